The molecule has 776 valence electrons. The third-order valence-corrected chi connectivity index (χ3v) is 28.2. The van der Waals surface area contributed by atoms with Gasteiger partial charge in [0, 0.05) is 188 Å². The highest BCUT2D eigenvalue weighted by molar-refractivity contribution is 7.47. The molecule has 1 unspecified atom stereocenters. The fraction of sp³-hybridized carbons (Fsp3) is 0.402. The van der Waals surface area contributed by atoms with Gasteiger partial charge in [0.05, 0.1) is 30.0 Å². The van der Waals surface area contributed by atoms with Crippen molar-refractivity contribution in [2.45, 2.75) is 187 Å². The van der Waals surface area contributed by atoms with Gasteiger partial charge in [-0.25, -0.2) is 13.9 Å². The first-order valence-electron chi connectivity index (χ1n) is 49.2. The number of nitrogens with two attached hydrogens (primary N) is 1. The molecule has 3 aliphatic heterocycles. The second kappa shape index (κ2) is 51.9. The number of urea groups is 1. The number of phosphoric acid groups is 2. The van der Waals surface area contributed by atoms with Crippen LogP contribution in [0.3, 0.4) is 0 Å². The zero-order chi connectivity index (χ0) is 105. The number of benzene rings is 8. The number of primary amides is 1. The molecule has 39 heteroatoms. The molecule has 2 aromatic heterocycles. The number of rotatable bonds is 53. The van der Waals surface area contributed by atoms with Crippen molar-refractivity contribution in [2.24, 2.45) is 35.3 Å². The highest BCUT2D eigenvalue weighted by Gasteiger charge is 2.41. The summed E-state index contributed by atoms with van der Waals surface area (Å²) in [4.78, 5) is 232. The molecule has 0 radical (unpaired) electrons. The van der Waals surface area contributed by atoms with E-state index in [9.17, 15) is 95.8 Å². The lowest BCUT2D eigenvalue weighted by Gasteiger charge is -2.26. The number of aromatic amines is 2. The SMILES string of the molecule is CC(C)[C@H](CCCNC(=O)CCCCCNC(=O)CNO)C(=O)N[C@@H](CCCNC(N)=O)C(=O)Cc1ccc(C(=O)Cc2ccc3[nH]c(C(=O)N4C[C@@H](CCl)c5c4cc(OP(=O)(O)O)c4ccccc54)cc3c2)cc1.CCC(C)[C@H](NC(=O)[C@@H](CC(=O)CCCCCN1C(=O)C=CC1=O)CC(C)C)C(=O)Cc1ccc(C(=O)Cc2ccc3[nH]c(C(=O)N4C[C@@H](CCl)c5c4cc(OP(=O)(O)O)c4ccccc54)cc3c2)cc1. The summed E-state index contributed by atoms with van der Waals surface area (Å²) in [5, 5.41) is 26.3. The Morgan fingerprint density at radius 1 is 0.514 bits per heavy atom. The average Bonchev–Trinajstić information content (AvgIpc) is 1.63. The number of halogens is 2. The number of Topliss-reactive ketones (excluding diaryl/α,β-unsaturated/α-hetero) is 5. The number of H-pyrrole nitrogens is 2. The molecule has 5 heterocycles. The number of phosphoric ester groups is 2. The Kier molecular flexibility index (Phi) is 39.8. The minimum absolute atomic E-state index is 0.0297. The van der Waals surface area contributed by atoms with Crippen LogP contribution >= 0.6 is 38.8 Å². The number of nitrogens with zero attached hydrogens (tertiary/aromatic N) is 3. The first-order chi connectivity index (χ1) is 69.7. The lowest BCUT2D eigenvalue weighted by Crippen LogP contribution is -2.48. The Balaban J connectivity index is 0.000000260. The van der Waals surface area contributed by atoms with Crippen LogP contribution in [0.25, 0.3) is 43.4 Å². The molecule has 10 amide bonds. The summed E-state index contributed by atoms with van der Waals surface area (Å²) in [6, 6.07) is 42.4. The van der Waals surface area contributed by atoms with Crippen LogP contribution in [0.4, 0.5) is 16.2 Å². The highest BCUT2D eigenvalue weighted by Crippen LogP contribution is 2.52. The number of anilines is 2. The molecule has 0 saturated carbocycles. The summed E-state index contributed by atoms with van der Waals surface area (Å²) in [6.45, 7) is 13.3. The molecular formula is C107H126Cl2N12O23P2. The molecule has 8 aromatic carbocycles. The first-order valence-corrected chi connectivity index (χ1v) is 53.3. The third kappa shape index (κ3) is 30.4. The first kappa shape index (κ1) is 112. The fourth-order valence-electron chi connectivity index (χ4n) is 19.0. The monoisotopic (exact) mass is 2080 g/mol. The average molecular weight is 2080 g/mol. The Labute approximate surface area is 855 Å². The summed E-state index contributed by atoms with van der Waals surface area (Å²) in [6.07, 6.45) is 9.89. The number of amides is 10. The Hall–Kier alpha value is -12.9. The van der Waals surface area contributed by atoms with Crippen molar-refractivity contribution in [1.82, 2.24) is 46.9 Å². The van der Waals surface area contributed by atoms with Crippen molar-refractivity contribution in [1.29, 1.82) is 0 Å². The summed E-state index contributed by atoms with van der Waals surface area (Å²) in [5.74, 6) is -4.69. The lowest BCUT2D eigenvalue weighted by atomic mass is 9.88. The van der Waals surface area contributed by atoms with E-state index in [0.717, 1.165) is 17.5 Å². The van der Waals surface area contributed by atoms with Crippen LogP contribution in [0.1, 0.15) is 225 Å². The molecule has 0 fully saturated rings. The van der Waals surface area contributed by atoms with Gasteiger partial charge in [0.25, 0.3) is 23.6 Å². The van der Waals surface area contributed by atoms with Gasteiger partial charge in [0.15, 0.2) is 23.1 Å². The van der Waals surface area contributed by atoms with Gasteiger partial charge >= 0.3 is 21.7 Å². The van der Waals surface area contributed by atoms with Gasteiger partial charge in [-0.05, 0) is 156 Å². The number of nitrogens with one attached hydrogen (secondary N) is 8. The Morgan fingerprint density at radius 2 is 0.979 bits per heavy atom. The second-order valence-corrected chi connectivity index (χ2v) is 41.2. The minimum atomic E-state index is -4.94. The number of fused-ring (bicyclic) bond motifs is 8. The van der Waals surface area contributed by atoms with Crippen molar-refractivity contribution in [3.05, 3.63) is 226 Å². The van der Waals surface area contributed by atoms with Crippen LogP contribution in [-0.4, -0.2) is 192 Å². The van der Waals surface area contributed by atoms with Gasteiger partial charge in [-0.15, -0.1) is 23.2 Å². The number of alkyl halides is 2. The molecule has 0 aliphatic carbocycles. The molecule has 13 rings (SSSR count). The van der Waals surface area contributed by atoms with Crippen molar-refractivity contribution >= 4 is 176 Å². The molecule has 146 heavy (non-hydrogen) atoms. The van der Waals surface area contributed by atoms with Gasteiger partial charge in [0.2, 0.25) is 23.6 Å². The van der Waals surface area contributed by atoms with E-state index in [4.69, 9.17) is 43.2 Å². The molecule has 35 nitrogen and oxygen atoms in total. The standard InChI is InChI=1S/C54H60ClN4O11P.C53H66ClN8O12P/c1-5-33(4)52(57-53(65)38(23-32(2)3)27-40(60)11-7-6-10-22-58-49(63)20-21-50(58)64)47(62)25-34-14-17-36(18-15-34)46(61)26-35-16-19-43-37(24-35)28-44(56-43)54(66)59-31-39(30-55)51-42-13-9-8-12-41(42)48(29-45(51)59)70-71(67,68)69;1-32(2)38(12-8-22-56-48(65)14-4-3-7-21-57-49(66)30-59-70)51(67)61-42(13-9-23-58-53(55)69)46(64)25-33-15-18-35(19-16-33)45(63)26-34-17-20-41-36(24-34)27-43(60-41)52(68)62-31-37(29-54)50-40-11-6-5-10-39(40)47(28-44(50)62)74-75(71,72)73/h8-9,12-21,24,28-29,32-33,38-39,52,56H,5-7,10-11,22-23,25-27,30-31H2,1-4H3,(H,57,65)(H2,67,68,69);5-6,10-11,15-20,24,27-28,32,37-38,42,59-60,70H,3-4,7-9,12-14,21-23,25-26,29-31H2,1-2H3,(H,56,65)(H,57,66)(H,61,67)(H3,55,58,69)(H2,71,72,73)/t33?,38-,39-,52+;37-,38+,42+/m11/s1. The molecule has 0 spiro atoms. The van der Waals surface area contributed by atoms with Crippen LogP contribution in [-0.2, 0) is 78.0 Å². The number of ketones is 5. The number of carbonyl (C=O) groups is 14. The molecule has 7 atom stereocenters. The van der Waals surface area contributed by atoms with Crippen LogP contribution in [0.15, 0.2) is 170 Å². The molecule has 3 aliphatic rings. The normalized spacial score (nSPS) is 15.0. The molecule has 0 bridgehead atoms. The molecule has 0 saturated heterocycles. The fourth-order valence-corrected chi connectivity index (χ4v) is 20.3. The van der Waals surface area contributed by atoms with Gasteiger partial charge in [0.1, 0.15) is 28.7 Å². The molecular weight excluding hydrogens is 1950 g/mol. The summed E-state index contributed by atoms with van der Waals surface area (Å²) in [7, 11) is -9.88. The smallest absolute Gasteiger partial charge is 0.404 e. The number of hydrogen-bond acceptors (Lipinski definition) is 20. The van der Waals surface area contributed by atoms with E-state index in [1.807, 2.05) is 53.7 Å². The maximum atomic E-state index is 14.2. The zero-order valence-electron chi connectivity index (χ0n) is 82.3. The van der Waals surface area contributed by atoms with Crippen LogP contribution in [0, 0.1) is 29.6 Å². The minimum Gasteiger partial charge on any atom is -0.404 e. The van der Waals surface area contributed by atoms with E-state index in [-0.39, 0.29) is 206 Å². The van der Waals surface area contributed by atoms with Gasteiger partial charge in [-0.3, -0.25) is 86.8 Å². The number of unbranched alkanes of at least 4 members (excludes halogenated alkanes) is 4. The number of imide groups is 1. The topological polar surface area (TPSA) is 532 Å². The third-order valence-electron chi connectivity index (χ3n) is 26.6. The number of hydroxylamine groups is 1. The number of aromatic nitrogens is 2. The Morgan fingerprint density at radius 3 is 1.46 bits per heavy atom. The molecule has 10 aromatic rings. The summed E-state index contributed by atoms with van der Waals surface area (Å²) >= 11 is 12.8. The van der Waals surface area contributed by atoms with E-state index in [1.165, 1.54) is 39.0 Å². The quantitative estimate of drug-likeness (QED) is 0.00420. The van der Waals surface area contributed by atoms with Crippen molar-refractivity contribution in [3.63, 3.8) is 0 Å². The Bertz CT molecular complexity index is 6620. The number of carbonyl (C=O) groups excluding carboxylic acids is 14. The largest absolute Gasteiger partial charge is 0.524 e. The summed E-state index contributed by atoms with van der Waals surface area (Å²) < 4.78 is 34.0. The maximum Gasteiger partial charge on any atom is 0.524 e. The van der Waals surface area contributed by atoms with Crippen LogP contribution in [0.2, 0.25) is 0 Å². The van der Waals surface area contributed by atoms with Crippen molar-refractivity contribution in [2.75, 3.05) is 67.4 Å². The van der Waals surface area contributed by atoms with Crippen molar-refractivity contribution < 1.29 is 110 Å². The van der Waals surface area contributed by atoms with E-state index < -0.39 is 51.5 Å². The van der Waals surface area contributed by atoms with Gasteiger partial charge in [-0.1, -0.05) is 170 Å². The van der Waals surface area contributed by atoms with E-state index in [0.29, 0.717) is 178 Å². The van der Waals surface area contributed by atoms with E-state index >= 15 is 0 Å². The number of hydrogen-bond donors (Lipinski definition) is 14. The predicted molar refractivity (Wildman–Crippen MR) is 555 cm³/mol. The lowest BCUT2D eigenvalue weighted by molar-refractivity contribution is -0.137. The van der Waals surface area contributed by atoms with Crippen molar-refractivity contribution in [3.8, 4) is 11.5 Å². The van der Waals surface area contributed by atoms with E-state index in [1.54, 1.807) is 139 Å². The second-order valence-electron chi connectivity index (χ2n) is 38.2. The van der Waals surface area contributed by atoms with Gasteiger partial charge in [-0.2, -0.15) is 5.48 Å². The van der Waals surface area contributed by atoms with E-state index in [2.05, 4.69) is 36.6 Å². The molecule has 15 N–H and O–H groups in total. The highest BCUT2D eigenvalue weighted by atomic mass is 35.5. The zero-order valence-corrected chi connectivity index (χ0v) is 85.6. The van der Waals surface area contributed by atoms with Crippen LogP contribution < -0.4 is 56.6 Å². The van der Waals surface area contributed by atoms with Gasteiger partial charge < -0.3 is 66.3 Å². The predicted octanol–water partition coefficient (Wildman–Crippen LogP) is 15.0. The maximum absolute atomic E-state index is 14.2. The van der Waals surface area contributed by atoms with Crippen LogP contribution in [0.5, 0.6) is 11.5 Å². The summed E-state index contributed by atoms with van der Waals surface area (Å²) in [5.41, 5.74) is 14.9.